The summed E-state index contributed by atoms with van der Waals surface area (Å²) in [5.74, 6) is 0.647. The molecule has 3 aromatic rings. The molecule has 0 spiro atoms. The first-order chi connectivity index (χ1) is 13.1. The van der Waals surface area contributed by atoms with Gasteiger partial charge in [0.2, 0.25) is 0 Å². The standard InChI is InChI=1S/C18H17N5O2S2/c1-3-25-17(24)14-13(12(9-19)15(20)27-14)10-26-18-22-21-16(23(18)2)11-7-5-4-6-8-11/h4-8H,3,10,20H2,1-2H3. The number of nitrogens with zero attached hydrogens (tertiary/aromatic N) is 4. The Morgan fingerprint density at radius 2 is 2.11 bits per heavy atom. The van der Waals surface area contributed by atoms with Gasteiger partial charge in [-0.05, 0) is 6.92 Å². The number of aromatic nitrogens is 3. The third kappa shape index (κ3) is 3.82. The van der Waals surface area contributed by atoms with Crippen molar-refractivity contribution in [2.75, 3.05) is 12.3 Å². The lowest BCUT2D eigenvalue weighted by Gasteiger charge is -2.05. The number of esters is 1. The van der Waals surface area contributed by atoms with Gasteiger partial charge in [0.15, 0.2) is 11.0 Å². The maximum Gasteiger partial charge on any atom is 0.348 e. The van der Waals surface area contributed by atoms with E-state index >= 15 is 0 Å². The van der Waals surface area contributed by atoms with Gasteiger partial charge in [-0.15, -0.1) is 21.5 Å². The Labute approximate surface area is 164 Å². The van der Waals surface area contributed by atoms with E-state index in [-0.39, 0.29) is 6.61 Å². The van der Waals surface area contributed by atoms with E-state index in [0.29, 0.717) is 31.9 Å². The van der Waals surface area contributed by atoms with E-state index in [2.05, 4.69) is 16.3 Å². The topological polar surface area (TPSA) is 107 Å². The predicted molar refractivity (Wildman–Crippen MR) is 105 cm³/mol. The van der Waals surface area contributed by atoms with Crippen LogP contribution >= 0.6 is 23.1 Å². The zero-order valence-electron chi connectivity index (χ0n) is 14.8. The van der Waals surface area contributed by atoms with Gasteiger partial charge in [-0.25, -0.2) is 4.79 Å². The van der Waals surface area contributed by atoms with Gasteiger partial charge in [-0.2, -0.15) is 5.26 Å². The number of carbonyl (C=O) groups is 1. The quantitative estimate of drug-likeness (QED) is 0.499. The monoisotopic (exact) mass is 399 g/mol. The summed E-state index contributed by atoms with van der Waals surface area (Å²) >= 11 is 2.47. The summed E-state index contributed by atoms with van der Waals surface area (Å²) in [6.45, 7) is 1.99. The molecule has 0 atom stereocenters. The van der Waals surface area contributed by atoms with Crippen LogP contribution in [0.3, 0.4) is 0 Å². The van der Waals surface area contributed by atoms with E-state index in [1.807, 2.05) is 41.9 Å². The number of hydrogen-bond donors (Lipinski definition) is 1. The molecule has 2 N–H and O–H groups in total. The fraction of sp³-hybridized carbons (Fsp3) is 0.222. The zero-order chi connectivity index (χ0) is 19.4. The Kier molecular flexibility index (Phi) is 5.78. The highest BCUT2D eigenvalue weighted by Gasteiger charge is 2.23. The maximum atomic E-state index is 12.2. The number of nitrogens with two attached hydrogens (primary N) is 1. The summed E-state index contributed by atoms with van der Waals surface area (Å²) in [5, 5.41) is 18.9. The summed E-state index contributed by atoms with van der Waals surface area (Å²) in [7, 11) is 1.88. The number of thiophene rings is 1. The second kappa shape index (κ2) is 8.24. The van der Waals surface area contributed by atoms with Crippen LogP contribution < -0.4 is 5.73 Å². The molecule has 3 rings (SSSR count). The first-order valence-electron chi connectivity index (χ1n) is 8.12. The fourth-order valence-corrected chi connectivity index (χ4v) is 4.49. The smallest absolute Gasteiger partial charge is 0.348 e. The minimum absolute atomic E-state index is 0.259. The van der Waals surface area contributed by atoms with Crippen molar-refractivity contribution in [2.45, 2.75) is 17.8 Å². The van der Waals surface area contributed by atoms with E-state index in [9.17, 15) is 10.1 Å². The molecule has 138 valence electrons. The Balaban J connectivity index is 1.87. The Morgan fingerprint density at radius 3 is 2.78 bits per heavy atom. The number of benzene rings is 1. The van der Waals surface area contributed by atoms with Crippen molar-refractivity contribution in [3.8, 4) is 17.5 Å². The first kappa shape index (κ1) is 18.9. The van der Waals surface area contributed by atoms with Gasteiger partial charge < -0.3 is 15.0 Å². The van der Waals surface area contributed by atoms with Gasteiger partial charge in [0, 0.05) is 23.9 Å². The van der Waals surface area contributed by atoms with Crippen LogP contribution in [-0.2, 0) is 17.5 Å². The highest BCUT2D eigenvalue weighted by atomic mass is 32.2. The molecule has 27 heavy (non-hydrogen) atoms. The van der Waals surface area contributed by atoms with Crippen LogP contribution in [0.2, 0.25) is 0 Å². The third-order valence-electron chi connectivity index (χ3n) is 3.82. The molecule has 0 unspecified atom stereocenters. The van der Waals surface area contributed by atoms with Crippen molar-refractivity contribution in [3.63, 3.8) is 0 Å². The minimum atomic E-state index is -0.464. The summed E-state index contributed by atoms with van der Waals surface area (Å²) in [6, 6.07) is 11.8. The van der Waals surface area contributed by atoms with E-state index in [1.165, 1.54) is 11.8 Å². The summed E-state index contributed by atoms with van der Waals surface area (Å²) in [6.07, 6.45) is 0. The second-order valence-electron chi connectivity index (χ2n) is 5.50. The molecule has 1 aromatic carbocycles. The summed E-state index contributed by atoms with van der Waals surface area (Å²) in [4.78, 5) is 12.6. The number of ether oxygens (including phenoxy) is 1. The summed E-state index contributed by atoms with van der Waals surface area (Å²) in [5.41, 5.74) is 7.77. The molecule has 0 aliphatic heterocycles. The first-order valence-corrected chi connectivity index (χ1v) is 9.93. The molecule has 2 heterocycles. The number of carbonyl (C=O) groups excluding carboxylic acids is 1. The largest absolute Gasteiger partial charge is 0.462 e. The lowest BCUT2D eigenvalue weighted by atomic mass is 10.2. The van der Waals surface area contributed by atoms with Crippen LogP contribution in [0.1, 0.15) is 27.7 Å². The Hall–Kier alpha value is -2.83. The lowest BCUT2D eigenvalue weighted by molar-refractivity contribution is 0.0531. The van der Waals surface area contributed by atoms with Crippen molar-refractivity contribution in [1.82, 2.24) is 14.8 Å². The van der Waals surface area contributed by atoms with Crippen molar-refractivity contribution in [2.24, 2.45) is 7.05 Å². The number of nitriles is 1. The molecular weight excluding hydrogens is 382 g/mol. The number of thioether (sulfide) groups is 1. The van der Waals surface area contributed by atoms with Crippen LogP contribution in [0.15, 0.2) is 35.5 Å². The molecule has 0 radical (unpaired) electrons. The normalized spacial score (nSPS) is 10.6. The molecule has 0 fully saturated rings. The average Bonchev–Trinajstić information content (AvgIpc) is 3.20. The van der Waals surface area contributed by atoms with E-state index in [1.54, 1.807) is 6.92 Å². The Morgan fingerprint density at radius 1 is 1.37 bits per heavy atom. The molecule has 0 saturated carbocycles. The molecule has 2 aromatic heterocycles. The van der Waals surface area contributed by atoms with Crippen molar-refractivity contribution in [1.29, 1.82) is 5.26 Å². The number of rotatable bonds is 6. The minimum Gasteiger partial charge on any atom is -0.462 e. The SMILES string of the molecule is CCOC(=O)c1sc(N)c(C#N)c1CSc1nnc(-c2ccccc2)n1C. The number of anilines is 1. The van der Waals surface area contributed by atoms with Crippen molar-refractivity contribution in [3.05, 3.63) is 46.3 Å². The molecule has 0 amide bonds. The lowest BCUT2D eigenvalue weighted by Crippen LogP contribution is -2.05. The fourth-order valence-electron chi connectivity index (χ4n) is 2.52. The average molecular weight is 400 g/mol. The highest BCUT2D eigenvalue weighted by molar-refractivity contribution is 7.98. The number of nitrogen functional groups attached to an aromatic ring is 1. The van der Waals surface area contributed by atoms with Gasteiger partial charge in [-0.1, -0.05) is 42.1 Å². The molecular formula is C18H17N5O2S2. The zero-order valence-corrected chi connectivity index (χ0v) is 16.4. The van der Waals surface area contributed by atoms with Gasteiger partial charge in [0.1, 0.15) is 15.9 Å². The van der Waals surface area contributed by atoms with Crippen molar-refractivity contribution < 1.29 is 9.53 Å². The molecule has 0 aliphatic rings. The van der Waals surface area contributed by atoms with Crippen LogP contribution in [0, 0.1) is 11.3 Å². The van der Waals surface area contributed by atoms with Crippen LogP contribution in [0.4, 0.5) is 5.00 Å². The molecule has 0 bridgehead atoms. The van der Waals surface area contributed by atoms with Crippen LogP contribution in [-0.4, -0.2) is 27.3 Å². The van der Waals surface area contributed by atoms with Crippen LogP contribution in [0.25, 0.3) is 11.4 Å². The van der Waals surface area contributed by atoms with Gasteiger partial charge in [0.25, 0.3) is 0 Å². The Bertz CT molecular complexity index is 1000. The van der Waals surface area contributed by atoms with Gasteiger partial charge in [0.05, 0.1) is 12.2 Å². The van der Waals surface area contributed by atoms with E-state index in [4.69, 9.17) is 10.5 Å². The van der Waals surface area contributed by atoms with Gasteiger partial charge >= 0.3 is 5.97 Å². The third-order valence-corrected chi connectivity index (χ3v) is 5.91. The number of hydrogen-bond acceptors (Lipinski definition) is 8. The van der Waals surface area contributed by atoms with Gasteiger partial charge in [-0.3, -0.25) is 0 Å². The highest BCUT2D eigenvalue weighted by Crippen LogP contribution is 2.35. The van der Waals surface area contributed by atoms with Crippen molar-refractivity contribution >= 4 is 34.1 Å². The molecule has 9 heteroatoms. The molecule has 7 nitrogen and oxygen atoms in total. The second-order valence-corrected chi connectivity index (χ2v) is 7.50. The predicted octanol–water partition coefficient (Wildman–Crippen LogP) is 3.47. The molecule has 0 saturated heterocycles. The summed E-state index contributed by atoms with van der Waals surface area (Å²) < 4.78 is 6.96. The maximum absolute atomic E-state index is 12.2. The van der Waals surface area contributed by atoms with Crippen LogP contribution in [0.5, 0.6) is 0 Å². The van der Waals surface area contributed by atoms with E-state index < -0.39 is 5.97 Å². The van der Waals surface area contributed by atoms with E-state index in [0.717, 1.165) is 22.7 Å². The molecule has 0 aliphatic carbocycles.